The molecule has 3 aromatic carbocycles. The molecule has 200 valence electrons. The van der Waals surface area contributed by atoms with Crippen LogP contribution in [0.2, 0.25) is 0 Å². The minimum absolute atomic E-state index is 0.0810. The van der Waals surface area contributed by atoms with Gasteiger partial charge in [-0.1, -0.05) is 30.3 Å². The van der Waals surface area contributed by atoms with Crippen molar-refractivity contribution in [3.8, 4) is 23.7 Å². The van der Waals surface area contributed by atoms with Crippen molar-refractivity contribution in [1.82, 2.24) is 14.5 Å². The molecular formula is C27H16N8O5S. The first-order chi connectivity index (χ1) is 19.7. The highest BCUT2D eigenvalue weighted by atomic mass is 32.2. The van der Waals surface area contributed by atoms with Crippen LogP contribution in [0.1, 0.15) is 21.7 Å². The zero-order valence-electron chi connectivity index (χ0n) is 20.7. The smallest absolute Gasteiger partial charge is 0.294 e. The molecule has 2 aromatic heterocycles. The third-order valence-corrected chi connectivity index (χ3v) is 6.71. The Morgan fingerprint density at radius 1 is 0.976 bits per heavy atom. The normalized spacial score (nSPS) is 11.3. The van der Waals surface area contributed by atoms with E-state index in [1.165, 1.54) is 29.0 Å². The van der Waals surface area contributed by atoms with Crippen LogP contribution in [0.5, 0.6) is 5.75 Å². The predicted octanol–water partition coefficient (Wildman–Crippen LogP) is 4.78. The lowest BCUT2D eigenvalue weighted by Gasteiger charge is -2.11. The van der Waals surface area contributed by atoms with Crippen molar-refractivity contribution in [1.29, 1.82) is 10.5 Å². The second kappa shape index (κ2) is 10.7. The second-order valence-electron chi connectivity index (χ2n) is 8.35. The number of azo groups is 1. The average molecular weight is 565 g/mol. The maximum Gasteiger partial charge on any atom is 0.294 e. The quantitative estimate of drug-likeness (QED) is 0.191. The Kier molecular flexibility index (Phi) is 6.93. The van der Waals surface area contributed by atoms with Crippen molar-refractivity contribution in [2.45, 2.75) is 4.90 Å². The number of nitrogens with zero attached hydrogens (tertiary/aromatic N) is 7. The number of hydrogen-bond acceptors (Lipinski definition) is 10. The van der Waals surface area contributed by atoms with E-state index in [1.807, 2.05) is 12.1 Å². The summed E-state index contributed by atoms with van der Waals surface area (Å²) in [6, 6.07) is 21.7. The van der Waals surface area contributed by atoms with E-state index in [1.54, 1.807) is 42.5 Å². The second-order valence-corrected chi connectivity index (χ2v) is 9.77. The van der Waals surface area contributed by atoms with E-state index >= 15 is 0 Å². The summed E-state index contributed by atoms with van der Waals surface area (Å²) in [6.45, 7) is 0. The number of nitrogens with one attached hydrogen (secondary N) is 1. The Morgan fingerprint density at radius 3 is 2.37 bits per heavy atom. The number of amides is 1. The zero-order chi connectivity index (χ0) is 29.1. The molecule has 3 N–H and O–H groups in total. The van der Waals surface area contributed by atoms with Gasteiger partial charge in [0.2, 0.25) is 0 Å². The molecule has 14 heteroatoms. The van der Waals surface area contributed by atoms with Crippen molar-refractivity contribution in [2.75, 3.05) is 5.32 Å². The van der Waals surface area contributed by atoms with Crippen LogP contribution in [-0.2, 0) is 10.1 Å². The van der Waals surface area contributed by atoms with Crippen LogP contribution in [-0.4, -0.2) is 38.5 Å². The number of carbonyl (C=O) groups excluding carboxylic acids is 1. The monoisotopic (exact) mass is 564 g/mol. The maximum atomic E-state index is 13.1. The topological polar surface area (TPSA) is 207 Å². The van der Waals surface area contributed by atoms with E-state index < -0.39 is 21.8 Å². The van der Waals surface area contributed by atoms with Crippen LogP contribution in [0.25, 0.3) is 16.6 Å². The molecule has 5 rings (SSSR count). The highest BCUT2D eigenvalue weighted by Gasteiger charge is 2.22. The molecule has 0 atom stereocenters. The number of aromatic nitrogens is 3. The van der Waals surface area contributed by atoms with Gasteiger partial charge in [-0.05, 0) is 47.9 Å². The van der Waals surface area contributed by atoms with E-state index in [-0.39, 0.29) is 45.0 Å². The molecule has 2 heterocycles. The van der Waals surface area contributed by atoms with Gasteiger partial charge in [0.15, 0.2) is 17.1 Å². The van der Waals surface area contributed by atoms with Gasteiger partial charge < -0.3 is 10.4 Å². The fourth-order valence-electron chi connectivity index (χ4n) is 3.96. The summed E-state index contributed by atoms with van der Waals surface area (Å²) in [5.74, 6) is -1.16. The predicted molar refractivity (Wildman–Crippen MR) is 145 cm³/mol. The molecule has 0 unspecified atom stereocenters. The van der Waals surface area contributed by atoms with Gasteiger partial charge in [-0.25, -0.2) is 9.55 Å². The van der Waals surface area contributed by atoms with Crippen LogP contribution in [0.3, 0.4) is 0 Å². The number of rotatable bonds is 6. The molecule has 0 saturated carbocycles. The Hall–Kier alpha value is -5.96. The van der Waals surface area contributed by atoms with E-state index in [9.17, 15) is 28.8 Å². The molecule has 0 bridgehead atoms. The van der Waals surface area contributed by atoms with Gasteiger partial charge in [-0.15, -0.1) is 10.2 Å². The average Bonchev–Trinajstić information content (AvgIpc) is 3.34. The number of benzene rings is 3. The standard InChI is InChI=1S/C27H16N8O5S/c28-14-21-22(15-29)35(23-7-3-4-12-30-23)27(32-21)34-33-24-19-6-2-1-5-16(19)13-20(25(24)36)26(37)31-17-8-10-18(11-9-17)41(38,39)40/h1-13,36H,(H,31,37)(H,38,39,40). The Labute approximate surface area is 232 Å². The molecule has 13 nitrogen and oxygen atoms in total. The fraction of sp³-hybridized carbons (Fsp3) is 0. The third kappa shape index (κ3) is 5.19. The van der Waals surface area contributed by atoms with Crippen LogP contribution in [0.4, 0.5) is 17.3 Å². The number of imidazole rings is 1. The van der Waals surface area contributed by atoms with Crippen molar-refractivity contribution >= 4 is 44.1 Å². The van der Waals surface area contributed by atoms with Crippen molar-refractivity contribution < 1.29 is 22.9 Å². The SMILES string of the molecule is N#Cc1nc(N=Nc2c(O)c(C(=O)Nc3ccc(S(=O)(=O)O)cc3)cc3ccccc23)n(-c2ccccn2)c1C#N. The van der Waals surface area contributed by atoms with E-state index in [4.69, 9.17) is 4.55 Å². The van der Waals surface area contributed by atoms with E-state index in [2.05, 4.69) is 25.5 Å². The summed E-state index contributed by atoms with van der Waals surface area (Å²) < 4.78 is 33.0. The molecule has 0 aliphatic rings. The van der Waals surface area contributed by atoms with Gasteiger partial charge in [0, 0.05) is 17.3 Å². The lowest BCUT2D eigenvalue weighted by atomic mass is 10.0. The van der Waals surface area contributed by atoms with Crippen LogP contribution < -0.4 is 5.32 Å². The number of pyridine rings is 1. The lowest BCUT2D eigenvalue weighted by molar-refractivity contribution is 0.102. The Morgan fingerprint density at radius 2 is 1.71 bits per heavy atom. The van der Waals surface area contributed by atoms with Crippen LogP contribution in [0, 0.1) is 22.7 Å². The summed E-state index contributed by atoms with van der Waals surface area (Å²) in [7, 11) is -4.41. The van der Waals surface area contributed by atoms with Gasteiger partial charge in [-0.3, -0.25) is 9.35 Å². The maximum absolute atomic E-state index is 13.1. The van der Waals surface area contributed by atoms with Gasteiger partial charge in [0.05, 0.1) is 10.5 Å². The number of aromatic hydroxyl groups is 1. The largest absolute Gasteiger partial charge is 0.505 e. The highest BCUT2D eigenvalue weighted by Crippen LogP contribution is 2.40. The number of nitriles is 2. The number of anilines is 1. The molecule has 0 aliphatic heterocycles. The molecular weight excluding hydrogens is 548 g/mol. The lowest BCUT2D eigenvalue weighted by Crippen LogP contribution is -2.12. The molecule has 0 saturated heterocycles. The fourth-order valence-corrected chi connectivity index (χ4v) is 4.44. The minimum atomic E-state index is -4.41. The molecule has 0 aliphatic carbocycles. The first-order valence-corrected chi connectivity index (χ1v) is 13.0. The highest BCUT2D eigenvalue weighted by molar-refractivity contribution is 7.85. The van der Waals surface area contributed by atoms with Crippen molar-refractivity contribution in [3.63, 3.8) is 0 Å². The molecule has 0 fully saturated rings. The first kappa shape index (κ1) is 26.6. The number of phenols is 1. The van der Waals surface area contributed by atoms with E-state index in [0.717, 1.165) is 12.1 Å². The summed E-state index contributed by atoms with van der Waals surface area (Å²) in [5, 5.41) is 42.1. The number of fused-ring (bicyclic) bond motifs is 1. The summed E-state index contributed by atoms with van der Waals surface area (Å²) in [5.41, 5.74) is -0.358. The Balaban J connectivity index is 1.59. The molecule has 0 spiro atoms. The molecule has 0 radical (unpaired) electrons. The van der Waals surface area contributed by atoms with Crippen molar-refractivity contribution in [3.05, 3.63) is 95.9 Å². The molecule has 5 aromatic rings. The van der Waals surface area contributed by atoms with Gasteiger partial charge >= 0.3 is 0 Å². The summed E-state index contributed by atoms with van der Waals surface area (Å²) >= 11 is 0. The molecule has 1 amide bonds. The number of carbonyl (C=O) groups is 1. The van der Waals surface area contributed by atoms with Crippen molar-refractivity contribution in [2.24, 2.45) is 10.2 Å². The summed E-state index contributed by atoms with van der Waals surface area (Å²) in [4.78, 5) is 21.1. The molecule has 41 heavy (non-hydrogen) atoms. The van der Waals surface area contributed by atoms with Crippen LogP contribution >= 0.6 is 0 Å². The summed E-state index contributed by atoms with van der Waals surface area (Å²) in [6.07, 6.45) is 1.49. The van der Waals surface area contributed by atoms with Crippen LogP contribution in [0.15, 0.2) is 94.1 Å². The first-order valence-electron chi connectivity index (χ1n) is 11.6. The van der Waals surface area contributed by atoms with Gasteiger partial charge in [0.1, 0.15) is 23.6 Å². The minimum Gasteiger partial charge on any atom is -0.505 e. The zero-order valence-corrected chi connectivity index (χ0v) is 21.5. The van der Waals surface area contributed by atoms with Gasteiger partial charge in [0.25, 0.3) is 22.0 Å². The van der Waals surface area contributed by atoms with E-state index in [0.29, 0.717) is 10.8 Å². The third-order valence-electron chi connectivity index (χ3n) is 5.84. The number of phenolic OH excluding ortho intramolecular Hbond substituents is 1. The number of hydrogen-bond donors (Lipinski definition) is 3. The van der Waals surface area contributed by atoms with Gasteiger partial charge in [-0.2, -0.15) is 23.9 Å². The Bertz CT molecular complexity index is 2040.